The average Bonchev–Trinajstić information content (AvgIpc) is 2.78. The summed E-state index contributed by atoms with van der Waals surface area (Å²) < 4.78 is 44.5. The quantitative estimate of drug-likeness (QED) is 0.539. The summed E-state index contributed by atoms with van der Waals surface area (Å²) in [7, 11) is 1.98. The first-order chi connectivity index (χ1) is 15.1. The van der Waals surface area contributed by atoms with Crippen LogP contribution in [0.4, 0.5) is 8.78 Å². The first-order valence-electron chi connectivity index (χ1n) is 10.1. The number of nitrogens with zero attached hydrogens (tertiary/aromatic N) is 2. The van der Waals surface area contributed by atoms with E-state index >= 15 is 0 Å². The standard InChI is InChI=1S/C24H24F2N2O3/c1-28(15-21-16-30-22-3-2-12-27-24(22)31-21)13-14-29-23(17-4-8-19(25)9-5-17)18-6-10-20(26)11-7-18/h2-12,21,23H,13-16H2,1H3. The highest BCUT2D eigenvalue weighted by molar-refractivity contribution is 5.34. The van der Waals surface area contributed by atoms with E-state index in [1.807, 2.05) is 19.2 Å². The molecule has 1 aliphatic heterocycles. The molecule has 7 heteroatoms. The van der Waals surface area contributed by atoms with E-state index in [1.165, 1.54) is 24.3 Å². The van der Waals surface area contributed by atoms with Crippen LogP contribution in [0, 0.1) is 11.6 Å². The van der Waals surface area contributed by atoms with E-state index in [1.54, 1.807) is 30.5 Å². The SMILES string of the molecule is CN(CCOC(c1ccc(F)cc1)c1ccc(F)cc1)CC1COc2cccnc2O1. The Balaban J connectivity index is 1.34. The summed E-state index contributed by atoms with van der Waals surface area (Å²) in [6.07, 6.45) is 1.13. The number of hydrogen-bond acceptors (Lipinski definition) is 5. The molecule has 0 bridgehead atoms. The molecule has 0 amide bonds. The van der Waals surface area contributed by atoms with Gasteiger partial charge in [-0.1, -0.05) is 24.3 Å². The Kier molecular flexibility index (Phi) is 6.74. The average molecular weight is 426 g/mol. The highest BCUT2D eigenvalue weighted by Gasteiger charge is 2.23. The monoisotopic (exact) mass is 426 g/mol. The Morgan fingerprint density at radius 3 is 2.32 bits per heavy atom. The predicted molar refractivity (Wildman–Crippen MR) is 112 cm³/mol. The number of pyridine rings is 1. The van der Waals surface area contributed by atoms with Crippen molar-refractivity contribution in [3.63, 3.8) is 0 Å². The van der Waals surface area contributed by atoms with Gasteiger partial charge in [-0.3, -0.25) is 0 Å². The van der Waals surface area contributed by atoms with E-state index in [-0.39, 0.29) is 17.7 Å². The molecule has 0 aliphatic carbocycles. The summed E-state index contributed by atoms with van der Waals surface area (Å²) in [6, 6.07) is 16.0. The third kappa shape index (κ3) is 5.57. The third-order valence-electron chi connectivity index (χ3n) is 5.06. The molecule has 3 aromatic rings. The number of halogens is 2. The van der Waals surface area contributed by atoms with Crippen molar-refractivity contribution in [2.75, 3.05) is 33.4 Å². The molecule has 0 saturated carbocycles. The van der Waals surface area contributed by atoms with Gasteiger partial charge in [-0.25, -0.2) is 13.8 Å². The topological polar surface area (TPSA) is 43.8 Å². The van der Waals surface area contributed by atoms with E-state index in [4.69, 9.17) is 14.2 Å². The highest BCUT2D eigenvalue weighted by atomic mass is 19.1. The fourth-order valence-electron chi connectivity index (χ4n) is 3.46. The lowest BCUT2D eigenvalue weighted by atomic mass is 10.0. The third-order valence-corrected chi connectivity index (χ3v) is 5.06. The summed E-state index contributed by atoms with van der Waals surface area (Å²) in [5.41, 5.74) is 1.62. The molecule has 1 aromatic heterocycles. The minimum atomic E-state index is -0.417. The Morgan fingerprint density at radius 2 is 1.68 bits per heavy atom. The van der Waals surface area contributed by atoms with Gasteiger partial charge in [0, 0.05) is 19.3 Å². The summed E-state index contributed by atoms with van der Waals surface area (Å²) in [4.78, 5) is 6.29. The molecule has 0 radical (unpaired) electrons. The van der Waals surface area contributed by atoms with Crippen molar-refractivity contribution >= 4 is 0 Å². The van der Waals surface area contributed by atoms with Crippen molar-refractivity contribution in [1.29, 1.82) is 0 Å². The zero-order valence-corrected chi connectivity index (χ0v) is 17.2. The van der Waals surface area contributed by atoms with Crippen molar-refractivity contribution < 1.29 is 23.0 Å². The van der Waals surface area contributed by atoms with Crippen LogP contribution in [-0.4, -0.2) is 49.3 Å². The maximum absolute atomic E-state index is 13.4. The maximum Gasteiger partial charge on any atom is 0.257 e. The van der Waals surface area contributed by atoms with E-state index < -0.39 is 6.10 Å². The van der Waals surface area contributed by atoms with Crippen LogP contribution >= 0.6 is 0 Å². The fourth-order valence-corrected chi connectivity index (χ4v) is 3.46. The smallest absolute Gasteiger partial charge is 0.257 e. The van der Waals surface area contributed by atoms with Crippen LogP contribution in [0.3, 0.4) is 0 Å². The van der Waals surface area contributed by atoms with Crippen LogP contribution in [0.5, 0.6) is 11.6 Å². The Morgan fingerprint density at radius 1 is 1.03 bits per heavy atom. The number of rotatable bonds is 8. The Hall–Kier alpha value is -3.03. The van der Waals surface area contributed by atoms with Gasteiger partial charge in [0.1, 0.15) is 30.4 Å². The van der Waals surface area contributed by atoms with Crippen molar-refractivity contribution in [3.8, 4) is 11.6 Å². The zero-order chi connectivity index (χ0) is 21.6. The molecular formula is C24H24F2N2O3. The number of benzene rings is 2. The van der Waals surface area contributed by atoms with Crippen LogP contribution in [0.25, 0.3) is 0 Å². The van der Waals surface area contributed by atoms with Crippen molar-refractivity contribution in [3.05, 3.63) is 89.6 Å². The molecule has 2 aromatic carbocycles. The lowest BCUT2D eigenvalue weighted by Crippen LogP contribution is -2.40. The molecule has 2 heterocycles. The molecule has 162 valence electrons. The van der Waals surface area contributed by atoms with Gasteiger partial charge >= 0.3 is 0 Å². The normalized spacial score (nSPS) is 15.5. The van der Waals surface area contributed by atoms with Crippen molar-refractivity contribution in [2.45, 2.75) is 12.2 Å². The lowest BCUT2D eigenvalue weighted by Gasteiger charge is -2.29. The van der Waals surface area contributed by atoms with Gasteiger partial charge in [-0.05, 0) is 54.6 Å². The predicted octanol–water partition coefficient (Wildman–Crippen LogP) is 4.24. The molecule has 1 aliphatic rings. The molecule has 1 atom stereocenters. The molecule has 5 nitrogen and oxygen atoms in total. The van der Waals surface area contributed by atoms with Crippen molar-refractivity contribution in [2.24, 2.45) is 0 Å². The van der Waals surface area contributed by atoms with Crippen LogP contribution in [-0.2, 0) is 4.74 Å². The summed E-state index contributed by atoms with van der Waals surface area (Å²) >= 11 is 0. The lowest BCUT2D eigenvalue weighted by molar-refractivity contribution is 0.0360. The molecule has 0 N–H and O–H groups in total. The minimum Gasteiger partial charge on any atom is -0.484 e. The minimum absolute atomic E-state index is 0.127. The number of hydrogen-bond donors (Lipinski definition) is 0. The van der Waals surface area contributed by atoms with Crippen LogP contribution in [0.2, 0.25) is 0 Å². The maximum atomic E-state index is 13.4. The molecule has 0 spiro atoms. The summed E-state index contributed by atoms with van der Waals surface area (Å²) in [6.45, 7) is 2.18. The fraction of sp³-hybridized carbons (Fsp3) is 0.292. The number of aromatic nitrogens is 1. The molecule has 31 heavy (non-hydrogen) atoms. The van der Waals surface area contributed by atoms with E-state index in [2.05, 4.69) is 9.88 Å². The molecule has 1 unspecified atom stereocenters. The van der Waals surface area contributed by atoms with Gasteiger partial charge < -0.3 is 19.1 Å². The second-order valence-electron chi connectivity index (χ2n) is 7.47. The van der Waals surface area contributed by atoms with Gasteiger partial charge in [-0.2, -0.15) is 0 Å². The first-order valence-corrected chi connectivity index (χ1v) is 10.1. The highest BCUT2D eigenvalue weighted by Crippen LogP contribution is 2.29. The van der Waals surface area contributed by atoms with E-state index in [9.17, 15) is 8.78 Å². The summed E-state index contributed by atoms with van der Waals surface area (Å²) in [5.74, 6) is 0.543. The van der Waals surface area contributed by atoms with Gasteiger partial charge in [0.15, 0.2) is 5.75 Å². The Labute approximate surface area is 180 Å². The summed E-state index contributed by atoms with van der Waals surface area (Å²) in [5, 5.41) is 0. The second kappa shape index (κ2) is 9.85. The molecule has 0 saturated heterocycles. The van der Waals surface area contributed by atoms with Crippen LogP contribution in [0.1, 0.15) is 17.2 Å². The molecule has 4 rings (SSSR count). The van der Waals surface area contributed by atoms with Gasteiger partial charge in [-0.15, -0.1) is 0 Å². The van der Waals surface area contributed by atoms with Crippen LogP contribution < -0.4 is 9.47 Å². The van der Waals surface area contributed by atoms with E-state index in [0.29, 0.717) is 37.9 Å². The zero-order valence-electron chi connectivity index (χ0n) is 17.2. The van der Waals surface area contributed by atoms with Crippen molar-refractivity contribution in [1.82, 2.24) is 9.88 Å². The Bertz CT molecular complexity index is 937. The van der Waals surface area contributed by atoms with Crippen LogP contribution in [0.15, 0.2) is 66.9 Å². The first kappa shape index (κ1) is 21.2. The molecular weight excluding hydrogens is 402 g/mol. The number of likely N-dealkylation sites (N-methyl/N-ethyl adjacent to an activating group) is 1. The largest absolute Gasteiger partial charge is 0.484 e. The number of fused-ring (bicyclic) bond motifs is 1. The van der Waals surface area contributed by atoms with Gasteiger partial charge in [0.2, 0.25) is 0 Å². The molecule has 0 fully saturated rings. The van der Waals surface area contributed by atoms with Gasteiger partial charge in [0.25, 0.3) is 5.88 Å². The van der Waals surface area contributed by atoms with Gasteiger partial charge in [0.05, 0.1) is 6.61 Å². The second-order valence-corrected chi connectivity index (χ2v) is 7.47. The van der Waals surface area contributed by atoms with E-state index in [0.717, 1.165) is 11.1 Å². The number of ether oxygens (including phenoxy) is 3.